The molecular formula is C25H26N4O4. The molecule has 170 valence electrons. The van der Waals surface area contributed by atoms with E-state index in [1.54, 1.807) is 72.3 Å². The molecule has 2 N–H and O–H groups in total. The maximum Gasteiger partial charge on any atom is 0.345 e. The lowest BCUT2D eigenvalue weighted by Gasteiger charge is -2.23. The topological polar surface area (TPSA) is 107 Å². The van der Waals surface area contributed by atoms with E-state index in [0.717, 1.165) is 12.0 Å². The molecule has 1 aromatic heterocycles. The Hall–Kier alpha value is -3.94. The predicted octanol–water partition coefficient (Wildman–Crippen LogP) is 2.81. The second-order valence-corrected chi connectivity index (χ2v) is 8.39. The highest BCUT2D eigenvalue weighted by atomic mass is 16.3. The number of aryl methyl sites for hydroxylation is 1. The molecule has 8 heteroatoms. The van der Waals surface area contributed by atoms with Crippen LogP contribution in [0.3, 0.4) is 0 Å². The lowest BCUT2D eigenvalue weighted by atomic mass is 10.0. The average molecular weight is 447 g/mol. The van der Waals surface area contributed by atoms with Crippen LogP contribution in [-0.4, -0.2) is 62.9 Å². The van der Waals surface area contributed by atoms with Crippen LogP contribution in [0.4, 0.5) is 0 Å². The van der Waals surface area contributed by atoms with Crippen molar-refractivity contribution in [2.45, 2.75) is 26.3 Å². The summed E-state index contributed by atoms with van der Waals surface area (Å²) in [6, 6.07) is 13.9. The van der Waals surface area contributed by atoms with Crippen LogP contribution >= 0.6 is 0 Å². The zero-order valence-corrected chi connectivity index (χ0v) is 18.8. The number of aromatic hydroxyl groups is 1. The summed E-state index contributed by atoms with van der Waals surface area (Å²) in [4.78, 5) is 47.3. The molecular weight excluding hydrogens is 420 g/mol. The molecule has 8 nitrogen and oxygen atoms in total. The molecule has 1 atom stereocenters. The fourth-order valence-electron chi connectivity index (χ4n) is 4.08. The van der Waals surface area contributed by atoms with E-state index in [4.69, 9.17) is 0 Å². The summed E-state index contributed by atoms with van der Waals surface area (Å²) < 4.78 is 0. The van der Waals surface area contributed by atoms with Crippen molar-refractivity contribution in [1.29, 1.82) is 0 Å². The van der Waals surface area contributed by atoms with E-state index in [2.05, 4.69) is 9.97 Å². The zero-order valence-electron chi connectivity index (χ0n) is 18.8. The number of carbonyl (C=O) groups is 2. The summed E-state index contributed by atoms with van der Waals surface area (Å²) in [7, 11) is 1.76. The number of phenolic OH excluding ortho intramolecular Hbond substituents is 1. The molecule has 33 heavy (non-hydrogen) atoms. The number of hydrogen-bond donors (Lipinski definition) is 2. The number of phenols is 1. The Morgan fingerprint density at radius 1 is 1.15 bits per heavy atom. The summed E-state index contributed by atoms with van der Waals surface area (Å²) >= 11 is 0. The number of hydrogen-bond acceptors (Lipinski definition) is 5. The molecule has 1 unspecified atom stereocenters. The Morgan fingerprint density at radius 2 is 1.94 bits per heavy atom. The summed E-state index contributed by atoms with van der Waals surface area (Å²) in [5.41, 5.74) is 3.11. The highest BCUT2D eigenvalue weighted by Gasteiger charge is 2.30. The van der Waals surface area contributed by atoms with E-state index in [9.17, 15) is 19.5 Å². The van der Waals surface area contributed by atoms with Crippen LogP contribution in [0.25, 0.3) is 22.5 Å². The second kappa shape index (κ2) is 8.90. The predicted molar refractivity (Wildman–Crippen MR) is 125 cm³/mol. The SMILES string of the molecule is CC(=O)N(C)C1CCN(C(=O)c2cccc(-c3cc(-c4ccc(O)c(C)c4)[nH]c(=O)n3)c2)C1. The molecule has 0 radical (unpaired) electrons. The van der Waals surface area contributed by atoms with Crippen LogP contribution in [0, 0.1) is 6.92 Å². The first-order valence-electron chi connectivity index (χ1n) is 10.8. The summed E-state index contributed by atoms with van der Waals surface area (Å²) in [5.74, 6) is 0.0482. The number of likely N-dealkylation sites (N-methyl/N-ethyl adjacent to an activating group) is 1. The average Bonchev–Trinajstić information content (AvgIpc) is 3.29. The van der Waals surface area contributed by atoms with Crippen molar-refractivity contribution in [2.75, 3.05) is 20.1 Å². The molecule has 1 fully saturated rings. The minimum absolute atomic E-state index is 0.0142. The van der Waals surface area contributed by atoms with E-state index in [-0.39, 0.29) is 23.6 Å². The van der Waals surface area contributed by atoms with Crippen molar-refractivity contribution < 1.29 is 14.7 Å². The number of rotatable bonds is 4. The quantitative estimate of drug-likeness (QED) is 0.641. The lowest BCUT2D eigenvalue weighted by Crippen LogP contribution is -2.38. The number of H-pyrrole nitrogens is 1. The molecule has 0 aliphatic carbocycles. The van der Waals surface area contributed by atoms with Gasteiger partial charge in [-0.05, 0) is 60.9 Å². The number of aromatic amines is 1. The Bertz CT molecular complexity index is 1280. The second-order valence-electron chi connectivity index (χ2n) is 8.39. The first-order chi connectivity index (χ1) is 15.7. The smallest absolute Gasteiger partial charge is 0.345 e. The third-order valence-corrected chi connectivity index (χ3v) is 6.15. The fourth-order valence-corrected chi connectivity index (χ4v) is 4.08. The molecule has 0 bridgehead atoms. The highest BCUT2D eigenvalue weighted by Crippen LogP contribution is 2.27. The van der Waals surface area contributed by atoms with Crippen LogP contribution in [0.5, 0.6) is 5.75 Å². The normalized spacial score (nSPS) is 15.5. The number of nitrogens with one attached hydrogen (secondary N) is 1. The van der Waals surface area contributed by atoms with Crippen LogP contribution in [-0.2, 0) is 4.79 Å². The molecule has 3 aromatic rings. The largest absolute Gasteiger partial charge is 0.508 e. The van der Waals surface area contributed by atoms with Crippen molar-refractivity contribution in [3.8, 4) is 28.3 Å². The standard InChI is InChI=1S/C25H26N4O4/c1-15-11-18(7-8-23(15)31)22-13-21(26-25(33)27-22)17-5-4-6-19(12-17)24(32)29-10-9-20(14-29)28(3)16(2)30/h4-8,11-13,20,31H,9-10,14H2,1-3H3,(H,26,27,33). The van der Waals surface area contributed by atoms with Crippen LogP contribution in [0.1, 0.15) is 29.3 Å². The number of aromatic nitrogens is 2. The maximum atomic E-state index is 13.1. The number of benzene rings is 2. The minimum atomic E-state index is -0.500. The minimum Gasteiger partial charge on any atom is -0.508 e. The lowest BCUT2D eigenvalue weighted by molar-refractivity contribution is -0.129. The molecule has 1 saturated heterocycles. The summed E-state index contributed by atoms with van der Waals surface area (Å²) in [6.07, 6.45) is 0.743. The zero-order chi connectivity index (χ0) is 23.7. The first-order valence-corrected chi connectivity index (χ1v) is 10.8. The van der Waals surface area contributed by atoms with Gasteiger partial charge in [0, 0.05) is 38.2 Å². The van der Waals surface area contributed by atoms with Crippen molar-refractivity contribution in [1.82, 2.24) is 19.8 Å². The Kier molecular flexibility index (Phi) is 6.00. The monoisotopic (exact) mass is 446 g/mol. The molecule has 1 aliphatic heterocycles. The van der Waals surface area contributed by atoms with Gasteiger partial charge in [0.15, 0.2) is 0 Å². The third kappa shape index (κ3) is 4.64. The first kappa shape index (κ1) is 22.3. The van der Waals surface area contributed by atoms with Crippen molar-refractivity contribution in [3.05, 3.63) is 70.1 Å². The molecule has 1 aliphatic rings. The van der Waals surface area contributed by atoms with Gasteiger partial charge in [-0.15, -0.1) is 0 Å². The van der Waals surface area contributed by atoms with Gasteiger partial charge in [-0.1, -0.05) is 12.1 Å². The van der Waals surface area contributed by atoms with Gasteiger partial charge in [0.1, 0.15) is 5.75 Å². The highest BCUT2D eigenvalue weighted by molar-refractivity contribution is 5.95. The number of carbonyl (C=O) groups excluding carboxylic acids is 2. The molecule has 2 heterocycles. The molecule has 2 amide bonds. The summed E-state index contributed by atoms with van der Waals surface area (Å²) in [5, 5.41) is 9.78. The van der Waals surface area contributed by atoms with E-state index < -0.39 is 5.69 Å². The maximum absolute atomic E-state index is 13.1. The van der Waals surface area contributed by atoms with E-state index in [0.29, 0.717) is 41.2 Å². The van der Waals surface area contributed by atoms with E-state index in [1.165, 1.54) is 6.92 Å². The van der Waals surface area contributed by atoms with Gasteiger partial charge >= 0.3 is 5.69 Å². The van der Waals surface area contributed by atoms with E-state index >= 15 is 0 Å². The van der Waals surface area contributed by atoms with Crippen molar-refractivity contribution >= 4 is 11.8 Å². The van der Waals surface area contributed by atoms with Crippen LogP contribution in [0.2, 0.25) is 0 Å². The van der Waals surface area contributed by atoms with Gasteiger partial charge in [0.25, 0.3) is 5.91 Å². The molecule has 0 saturated carbocycles. The Labute approximate surface area is 191 Å². The molecule has 2 aromatic carbocycles. The molecule has 0 spiro atoms. The Morgan fingerprint density at radius 3 is 2.67 bits per heavy atom. The third-order valence-electron chi connectivity index (χ3n) is 6.15. The van der Waals surface area contributed by atoms with E-state index in [1.807, 2.05) is 0 Å². The number of nitrogens with zero attached hydrogens (tertiary/aromatic N) is 3. The molecule has 4 rings (SSSR count). The van der Waals surface area contributed by atoms with Gasteiger partial charge in [0.05, 0.1) is 17.4 Å². The summed E-state index contributed by atoms with van der Waals surface area (Å²) in [6.45, 7) is 4.38. The van der Waals surface area contributed by atoms with Crippen LogP contribution < -0.4 is 5.69 Å². The number of amides is 2. The van der Waals surface area contributed by atoms with Gasteiger partial charge < -0.3 is 19.9 Å². The number of likely N-dealkylation sites (tertiary alicyclic amines) is 1. The van der Waals surface area contributed by atoms with Crippen molar-refractivity contribution in [3.63, 3.8) is 0 Å². The van der Waals surface area contributed by atoms with Crippen LogP contribution in [0.15, 0.2) is 53.3 Å². The van der Waals surface area contributed by atoms with Gasteiger partial charge in [-0.25, -0.2) is 4.79 Å². The van der Waals surface area contributed by atoms with Gasteiger partial charge in [-0.3, -0.25) is 9.59 Å². The van der Waals surface area contributed by atoms with Gasteiger partial charge in [0.2, 0.25) is 5.91 Å². The fraction of sp³-hybridized carbons (Fsp3) is 0.280. The van der Waals surface area contributed by atoms with Gasteiger partial charge in [-0.2, -0.15) is 4.98 Å². The Balaban J connectivity index is 1.61. The van der Waals surface area contributed by atoms with Crippen molar-refractivity contribution in [2.24, 2.45) is 0 Å².